The third kappa shape index (κ3) is 2.63. The van der Waals surface area contributed by atoms with Crippen molar-refractivity contribution in [3.05, 3.63) is 65.5 Å². The lowest BCUT2D eigenvalue weighted by molar-refractivity contribution is -0.137. The van der Waals surface area contributed by atoms with Gasteiger partial charge in [0.1, 0.15) is 0 Å². The van der Waals surface area contributed by atoms with Gasteiger partial charge in [-0.2, -0.15) is 13.2 Å². The van der Waals surface area contributed by atoms with Crippen molar-refractivity contribution in [1.82, 2.24) is 9.55 Å². The number of alkyl halides is 3. The summed E-state index contributed by atoms with van der Waals surface area (Å²) in [5.74, 6) is 0. The lowest BCUT2D eigenvalue weighted by Gasteiger charge is -2.12. The lowest BCUT2D eigenvalue weighted by Crippen LogP contribution is -2.08. The van der Waals surface area contributed by atoms with Crippen molar-refractivity contribution >= 4 is 11.0 Å². The van der Waals surface area contributed by atoms with Gasteiger partial charge in [0.2, 0.25) is 0 Å². The maximum Gasteiger partial charge on any atom is 0.416 e. The first-order chi connectivity index (χ1) is 9.95. The number of hydrogen-bond acceptors (Lipinski definition) is 1. The monoisotopic (exact) mass is 290 g/mol. The molecule has 0 amide bonds. The van der Waals surface area contributed by atoms with E-state index in [9.17, 15) is 13.2 Å². The van der Waals surface area contributed by atoms with E-state index in [0.717, 1.165) is 22.7 Å². The summed E-state index contributed by atoms with van der Waals surface area (Å²) in [4.78, 5) is 4.26. The molecule has 0 aliphatic rings. The van der Waals surface area contributed by atoms with Crippen LogP contribution in [0.25, 0.3) is 11.0 Å². The van der Waals surface area contributed by atoms with Gasteiger partial charge in [0, 0.05) is 6.54 Å². The van der Waals surface area contributed by atoms with E-state index in [1.165, 1.54) is 12.1 Å². The number of aryl methyl sites for hydroxylation is 1. The SMILES string of the molecule is Cc1ccc(C(F)(F)F)cc1Cn1cnc2ccccc21. The van der Waals surface area contributed by atoms with Crippen LogP contribution in [-0.4, -0.2) is 9.55 Å². The fourth-order valence-corrected chi connectivity index (χ4v) is 2.34. The summed E-state index contributed by atoms with van der Waals surface area (Å²) in [5.41, 5.74) is 2.61. The highest BCUT2D eigenvalue weighted by molar-refractivity contribution is 5.75. The molecule has 0 atom stereocenters. The Hall–Kier alpha value is -2.30. The largest absolute Gasteiger partial charge is 0.416 e. The maximum absolute atomic E-state index is 12.8. The molecule has 0 radical (unpaired) electrons. The Morgan fingerprint density at radius 3 is 2.62 bits per heavy atom. The molecule has 2 nitrogen and oxygen atoms in total. The topological polar surface area (TPSA) is 17.8 Å². The zero-order valence-electron chi connectivity index (χ0n) is 11.4. The minimum absolute atomic E-state index is 0.371. The van der Waals surface area contributed by atoms with Gasteiger partial charge < -0.3 is 4.57 Å². The van der Waals surface area contributed by atoms with Crippen LogP contribution >= 0.6 is 0 Å². The van der Waals surface area contributed by atoms with Gasteiger partial charge in [-0.3, -0.25) is 0 Å². The summed E-state index contributed by atoms with van der Waals surface area (Å²) >= 11 is 0. The third-order valence-electron chi connectivity index (χ3n) is 3.54. The number of rotatable bonds is 2. The van der Waals surface area contributed by atoms with E-state index in [1.54, 1.807) is 6.33 Å². The van der Waals surface area contributed by atoms with E-state index < -0.39 is 11.7 Å². The fourth-order valence-electron chi connectivity index (χ4n) is 2.34. The van der Waals surface area contributed by atoms with Gasteiger partial charge in [0.25, 0.3) is 0 Å². The predicted octanol–water partition coefficient (Wildman–Crippen LogP) is 4.41. The van der Waals surface area contributed by atoms with Gasteiger partial charge in [-0.05, 0) is 42.3 Å². The number of fused-ring (bicyclic) bond motifs is 1. The average Bonchev–Trinajstić information content (AvgIpc) is 2.83. The molecule has 0 bridgehead atoms. The van der Waals surface area contributed by atoms with Crippen molar-refractivity contribution in [3.8, 4) is 0 Å². The van der Waals surface area contributed by atoms with Crippen LogP contribution in [0.5, 0.6) is 0 Å². The molecule has 0 aliphatic carbocycles. The summed E-state index contributed by atoms with van der Waals surface area (Å²) < 4.78 is 40.3. The van der Waals surface area contributed by atoms with E-state index >= 15 is 0 Å². The highest BCUT2D eigenvalue weighted by atomic mass is 19.4. The zero-order valence-corrected chi connectivity index (χ0v) is 11.4. The van der Waals surface area contributed by atoms with Crippen LogP contribution in [0.4, 0.5) is 13.2 Å². The van der Waals surface area contributed by atoms with Gasteiger partial charge in [-0.15, -0.1) is 0 Å². The second-order valence-electron chi connectivity index (χ2n) is 5.00. The van der Waals surface area contributed by atoms with Crippen molar-refractivity contribution in [2.24, 2.45) is 0 Å². The highest BCUT2D eigenvalue weighted by Gasteiger charge is 2.30. The zero-order chi connectivity index (χ0) is 15.0. The number of imidazole rings is 1. The molecule has 0 saturated heterocycles. The summed E-state index contributed by atoms with van der Waals surface area (Å²) in [7, 11) is 0. The smallest absolute Gasteiger partial charge is 0.326 e. The summed E-state index contributed by atoms with van der Waals surface area (Å²) in [6.45, 7) is 2.19. The van der Waals surface area contributed by atoms with E-state index in [2.05, 4.69) is 4.98 Å². The molecule has 21 heavy (non-hydrogen) atoms. The van der Waals surface area contributed by atoms with Crippen molar-refractivity contribution in [1.29, 1.82) is 0 Å². The van der Waals surface area contributed by atoms with E-state index in [0.29, 0.717) is 12.1 Å². The normalized spacial score (nSPS) is 12.0. The minimum atomic E-state index is -4.32. The molecule has 2 aromatic carbocycles. The third-order valence-corrected chi connectivity index (χ3v) is 3.54. The van der Waals surface area contributed by atoms with Crippen molar-refractivity contribution in [3.63, 3.8) is 0 Å². The molecule has 0 unspecified atom stereocenters. The van der Waals surface area contributed by atoms with Crippen LogP contribution in [0.3, 0.4) is 0 Å². The number of aromatic nitrogens is 2. The van der Waals surface area contributed by atoms with Crippen LogP contribution in [0.15, 0.2) is 48.8 Å². The predicted molar refractivity (Wildman–Crippen MR) is 75.0 cm³/mol. The molecule has 0 spiro atoms. The molecule has 1 aromatic heterocycles. The van der Waals surface area contributed by atoms with Gasteiger partial charge in [0.05, 0.1) is 22.9 Å². The first-order valence-electron chi connectivity index (χ1n) is 6.52. The Morgan fingerprint density at radius 1 is 1.10 bits per heavy atom. The van der Waals surface area contributed by atoms with Gasteiger partial charge in [0.15, 0.2) is 0 Å². The molecule has 108 valence electrons. The second kappa shape index (κ2) is 4.91. The number of hydrogen-bond donors (Lipinski definition) is 0. The number of nitrogens with zero attached hydrogens (tertiary/aromatic N) is 2. The summed E-state index contributed by atoms with van der Waals surface area (Å²) in [6.07, 6.45) is -2.66. The Balaban J connectivity index is 2.01. The molecular weight excluding hydrogens is 277 g/mol. The quantitative estimate of drug-likeness (QED) is 0.683. The molecule has 5 heteroatoms. The van der Waals surface area contributed by atoms with Crippen LogP contribution in [-0.2, 0) is 12.7 Å². The molecule has 3 aromatic rings. The first-order valence-corrected chi connectivity index (χ1v) is 6.52. The number of benzene rings is 2. The van der Waals surface area contributed by atoms with Crippen molar-refractivity contribution in [2.45, 2.75) is 19.6 Å². The summed E-state index contributed by atoms with van der Waals surface area (Å²) in [5, 5.41) is 0. The summed E-state index contributed by atoms with van der Waals surface area (Å²) in [6, 6.07) is 11.4. The Bertz CT molecular complexity index is 788. The first kappa shape index (κ1) is 13.7. The molecular formula is C16H13F3N2. The minimum Gasteiger partial charge on any atom is -0.326 e. The molecule has 0 aliphatic heterocycles. The molecule has 0 fully saturated rings. The van der Waals surface area contributed by atoms with Gasteiger partial charge in [-0.1, -0.05) is 18.2 Å². The second-order valence-corrected chi connectivity index (χ2v) is 5.00. The van der Waals surface area contributed by atoms with Gasteiger partial charge >= 0.3 is 6.18 Å². The van der Waals surface area contributed by atoms with E-state index in [4.69, 9.17) is 0 Å². The van der Waals surface area contributed by atoms with Gasteiger partial charge in [-0.25, -0.2) is 4.98 Å². The molecule has 0 saturated carbocycles. The number of halogens is 3. The van der Waals surface area contributed by atoms with Crippen LogP contribution in [0.1, 0.15) is 16.7 Å². The fraction of sp³-hybridized carbons (Fsp3) is 0.188. The van der Waals surface area contributed by atoms with Crippen molar-refractivity contribution < 1.29 is 13.2 Å². The average molecular weight is 290 g/mol. The van der Waals surface area contributed by atoms with E-state index in [-0.39, 0.29) is 0 Å². The highest BCUT2D eigenvalue weighted by Crippen LogP contribution is 2.30. The Labute approximate surface area is 119 Å². The molecule has 3 rings (SSSR count). The van der Waals surface area contributed by atoms with Crippen LogP contribution in [0, 0.1) is 6.92 Å². The molecule has 0 N–H and O–H groups in total. The van der Waals surface area contributed by atoms with Crippen molar-refractivity contribution in [2.75, 3.05) is 0 Å². The van der Waals surface area contributed by atoms with E-state index in [1.807, 2.05) is 35.8 Å². The maximum atomic E-state index is 12.8. The number of para-hydroxylation sites is 2. The van der Waals surface area contributed by atoms with Crippen LogP contribution in [0.2, 0.25) is 0 Å². The molecule has 1 heterocycles. The standard InChI is InChI=1S/C16H13F3N2/c1-11-6-7-13(16(17,18)19)8-12(11)9-21-10-20-14-4-2-3-5-15(14)21/h2-8,10H,9H2,1H3. The van der Waals surface area contributed by atoms with Crippen LogP contribution < -0.4 is 0 Å². The lowest BCUT2D eigenvalue weighted by atomic mass is 10.0. The Kier molecular flexibility index (Phi) is 3.20. The Morgan fingerprint density at radius 2 is 1.86 bits per heavy atom.